The summed E-state index contributed by atoms with van der Waals surface area (Å²) in [7, 11) is 1.63. The van der Waals surface area contributed by atoms with E-state index in [1.807, 2.05) is 83.8 Å². The van der Waals surface area contributed by atoms with Crippen LogP contribution in [0.1, 0.15) is 43.9 Å². The van der Waals surface area contributed by atoms with Gasteiger partial charge >= 0.3 is 0 Å². The molecule has 3 aromatic rings. The Morgan fingerprint density at radius 2 is 1.74 bits per heavy atom. The first-order chi connectivity index (χ1) is 16.9. The molecule has 1 aliphatic carbocycles. The molecule has 35 heavy (non-hydrogen) atoms. The summed E-state index contributed by atoms with van der Waals surface area (Å²) in [6, 6.07) is 24.7. The largest absolute Gasteiger partial charge is 0.497 e. The van der Waals surface area contributed by atoms with Gasteiger partial charge in [0.15, 0.2) is 5.78 Å². The third-order valence-electron chi connectivity index (χ3n) is 6.78. The van der Waals surface area contributed by atoms with Crippen LogP contribution in [0.25, 0.3) is 0 Å². The van der Waals surface area contributed by atoms with Crippen LogP contribution in [-0.4, -0.2) is 18.8 Å². The molecule has 0 aromatic heterocycles. The molecule has 2 aliphatic rings. The molecule has 0 fully saturated rings. The number of ether oxygens (including phenoxy) is 1. The third-order valence-corrected chi connectivity index (χ3v) is 6.78. The van der Waals surface area contributed by atoms with Crippen LogP contribution in [0.5, 0.6) is 5.75 Å². The Labute approximate surface area is 206 Å². The lowest BCUT2D eigenvalue weighted by atomic mass is 9.73. The molecule has 0 spiro atoms. The SMILES string of the molecule is COc1cccc([C@@H]2C3=C(CC(C)(C)CC3=O)Nc3ccccc3N2C(=O)Cc2ccccc2)c1. The highest BCUT2D eigenvalue weighted by Gasteiger charge is 2.43. The van der Waals surface area contributed by atoms with Gasteiger partial charge in [-0.2, -0.15) is 0 Å². The van der Waals surface area contributed by atoms with E-state index < -0.39 is 6.04 Å². The van der Waals surface area contributed by atoms with Crippen LogP contribution in [0.15, 0.2) is 90.1 Å². The van der Waals surface area contributed by atoms with Crippen molar-refractivity contribution in [2.75, 3.05) is 17.3 Å². The van der Waals surface area contributed by atoms with Crippen molar-refractivity contribution in [1.29, 1.82) is 0 Å². The molecule has 0 unspecified atom stereocenters. The smallest absolute Gasteiger partial charge is 0.232 e. The van der Waals surface area contributed by atoms with E-state index in [1.165, 1.54) is 0 Å². The fourth-order valence-corrected chi connectivity index (χ4v) is 5.24. The summed E-state index contributed by atoms with van der Waals surface area (Å²) in [5, 5.41) is 3.56. The topological polar surface area (TPSA) is 58.6 Å². The molecule has 1 N–H and O–H groups in total. The molecule has 0 saturated heterocycles. The first-order valence-electron chi connectivity index (χ1n) is 12.0. The quantitative estimate of drug-likeness (QED) is 0.506. The maximum atomic E-state index is 14.1. The van der Waals surface area contributed by atoms with E-state index >= 15 is 0 Å². The average molecular weight is 467 g/mol. The highest BCUT2D eigenvalue weighted by Crippen LogP contribution is 2.48. The zero-order valence-corrected chi connectivity index (χ0v) is 20.4. The summed E-state index contributed by atoms with van der Waals surface area (Å²) in [4.78, 5) is 29.6. The number of carbonyl (C=O) groups excluding carboxylic acids is 2. The number of nitrogens with one attached hydrogen (secondary N) is 1. The summed E-state index contributed by atoms with van der Waals surface area (Å²) in [5.41, 5.74) is 4.77. The van der Waals surface area contributed by atoms with E-state index in [2.05, 4.69) is 19.2 Å². The van der Waals surface area contributed by atoms with E-state index in [1.54, 1.807) is 7.11 Å². The molecule has 0 bridgehead atoms. The molecule has 1 aliphatic heterocycles. The number of benzene rings is 3. The number of hydrogen-bond donors (Lipinski definition) is 1. The van der Waals surface area contributed by atoms with E-state index in [0.29, 0.717) is 17.7 Å². The number of fused-ring (bicyclic) bond motifs is 1. The molecule has 1 amide bonds. The maximum absolute atomic E-state index is 14.1. The molecule has 0 saturated carbocycles. The number of rotatable bonds is 4. The molecule has 1 atom stereocenters. The number of anilines is 2. The minimum atomic E-state index is -0.559. The Balaban J connectivity index is 1.73. The number of carbonyl (C=O) groups is 2. The molecule has 5 rings (SSSR count). The van der Waals surface area contributed by atoms with Gasteiger partial charge < -0.3 is 10.1 Å². The molecular formula is C30H30N2O3. The monoisotopic (exact) mass is 466 g/mol. The summed E-state index contributed by atoms with van der Waals surface area (Å²) < 4.78 is 5.51. The lowest BCUT2D eigenvalue weighted by Gasteiger charge is -2.37. The molecule has 5 heteroatoms. The van der Waals surface area contributed by atoms with Crippen molar-refractivity contribution in [1.82, 2.24) is 0 Å². The van der Waals surface area contributed by atoms with Gasteiger partial charge in [-0.3, -0.25) is 14.5 Å². The lowest BCUT2D eigenvalue weighted by Crippen LogP contribution is -2.40. The van der Waals surface area contributed by atoms with E-state index in [4.69, 9.17) is 4.74 Å². The number of allylic oxidation sites excluding steroid dienone is 1. The van der Waals surface area contributed by atoms with E-state index in [0.717, 1.165) is 34.6 Å². The normalized spacial score (nSPS) is 18.8. The van der Waals surface area contributed by atoms with Crippen LogP contribution < -0.4 is 15.0 Å². The second-order valence-corrected chi connectivity index (χ2v) is 10.1. The van der Waals surface area contributed by atoms with Crippen LogP contribution in [0.2, 0.25) is 0 Å². The Bertz CT molecular complexity index is 1310. The van der Waals surface area contributed by atoms with Gasteiger partial charge in [-0.05, 0) is 47.2 Å². The fourth-order valence-electron chi connectivity index (χ4n) is 5.24. The predicted molar refractivity (Wildman–Crippen MR) is 138 cm³/mol. The highest BCUT2D eigenvalue weighted by molar-refractivity contribution is 6.06. The van der Waals surface area contributed by atoms with Gasteiger partial charge in [-0.15, -0.1) is 0 Å². The van der Waals surface area contributed by atoms with Crippen LogP contribution in [0.3, 0.4) is 0 Å². The number of Topliss-reactive ketones (excluding diaryl/α,β-unsaturated/α-hetero) is 1. The summed E-state index contributed by atoms with van der Waals surface area (Å²) in [5.74, 6) is 0.695. The lowest BCUT2D eigenvalue weighted by molar-refractivity contribution is -0.119. The van der Waals surface area contributed by atoms with Gasteiger partial charge in [-0.1, -0.05) is 68.4 Å². The minimum Gasteiger partial charge on any atom is -0.497 e. The highest BCUT2D eigenvalue weighted by atomic mass is 16.5. The zero-order valence-electron chi connectivity index (χ0n) is 20.4. The molecule has 5 nitrogen and oxygen atoms in total. The van der Waals surface area contributed by atoms with Crippen molar-refractivity contribution < 1.29 is 14.3 Å². The van der Waals surface area contributed by atoms with Crippen LogP contribution >= 0.6 is 0 Å². The predicted octanol–water partition coefficient (Wildman–Crippen LogP) is 6.08. The number of nitrogens with zero attached hydrogens (tertiary/aromatic N) is 1. The van der Waals surface area contributed by atoms with Crippen LogP contribution in [0.4, 0.5) is 11.4 Å². The number of amides is 1. The summed E-state index contributed by atoms with van der Waals surface area (Å²) >= 11 is 0. The van der Waals surface area contributed by atoms with Gasteiger partial charge in [0.05, 0.1) is 30.9 Å². The Hall–Kier alpha value is -3.86. The number of methoxy groups -OCH3 is 1. The Morgan fingerprint density at radius 1 is 1.00 bits per heavy atom. The van der Waals surface area contributed by atoms with Gasteiger partial charge in [0.2, 0.25) is 5.91 Å². The van der Waals surface area contributed by atoms with Crippen LogP contribution in [0, 0.1) is 5.41 Å². The average Bonchev–Trinajstić information content (AvgIpc) is 2.98. The van der Waals surface area contributed by atoms with Crippen molar-refractivity contribution in [2.24, 2.45) is 5.41 Å². The van der Waals surface area contributed by atoms with Crippen molar-refractivity contribution in [3.05, 3.63) is 101 Å². The number of ketones is 1. The first-order valence-corrected chi connectivity index (χ1v) is 12.0. The second kappa shape index (κ2) is 9.06. The first kappa shape index (κ1) is 22.9. The standard InChI is InChI=1S/C30H30N2O3/c1-30(2)18-24-28(26(33)19-30)29(21-12-9-13-22(17-21)35-3)32(25-15-8-7-14-23(25)31-24)27(34)16-20-10-5-4-6-11-20/h4-15,17,29,31H,16,18-19H2,1-3H3/t29-/m1/s1. The van der Waals surface area contributed by atoms with E-state index in [-0.39, 0.29) is 23.5 Å². The fraction of sp³-hybridized carbons (Fsp3) is 0.267. The van der Waals surface area contributed by atoms with Gasteiger partial charge in [0.1, 0.15) is 5.75 Å². The molecule has 3 aromatic carbocycles. The van der Waals surface area contributed by atoms with Crippen molar-refractivity contribution in [2.45, 2.75) is 39.2 Å². The molecule has 1 heterocycles. The van der Waals surface area contributed by atoms with Crippen molar-refractivity contribution >= 4 is 23.1 Å². The number of hydrogen-bond acceptors (Lipinski definition) is 4. The number of para-hydroxylation sites is 2. The van der Waals surface area contributed by atoms with Gasteiger partial charge in [0, 0.05) is 17.7 Å². The van der Waals surface area contributed by atoms with Crippen molar-refractivity contribution in [3.8, 4) is 5.75 Å². The molecular weight excluding hydrogens is 436 g/mol. The molecule has 178 valence electrons. The summed E-state index contributed by atoms with van der Waals surface area (Å²) in [6.07, 6.45) is 1.40. The Morgan fingerprint density at radius 3 is 2.51 bits per heavy atom. The molecule has 0 radical (unpaired) electrons. The Kier molecular flexibility index (Phi) is 5.93. The van der Waals surface area contributed by atoms with Gasteiger partial charge in [0.25, 0.3) is 0 Å². The van der Waals surface area contributed by atoms with E-state index in [9.17, 15) is 9.59 Å². The third kappa shape index (κ3) is 4.46. The van der Waals surface area contributed by atoms with Crippen LogP contribution in [-0.2, 0) is 16.0 Å². The maximum Gasteiger partial charge on any atom is 0.232 e. The minimum absolute atomic E-state index is 0.0651. The second-order valence-electron chi connectivity index (χ2n) is 10.1. The summed E-state index contributed by atoms with van der Waals surface area (Å²) in [6.45, 7) is 4.23. The van der Waals surface area contributed by atoms with Crippen molar-refractivity contribution in [3.63, 3.8) is 0 Å². The van der Waals surface area contributed by atoms with Gasteiger partial charge in [-0.25, -0.2) is 0 Å². The zero-order chi connectivity index (χ0) is 24.6.